The van der Waals surface area contributed by atoms with Crippen LogP contribution in [0.25, 0.3) is 0 Å². The normalized spacial score (nSPS) is 12.5. The molecule has 1 aromatic carbocycles. The van der Waals surface area contributed by atoms with Crippen LogP contribution in [0.2, 0.25) is 0 Å². The summed E-state index contributed by atoms with van der Waals surface area (Å²) in [4.78, 5) is 13.5. The van der Waals surface area contributed by atoms with Gasteiger partial charge in [0.2, 0.25) is 0 Å². The molecule has 0 heterocycles. The maximum absolute atomic E-state index is 11.2. The highest BCUT2D eigenvalue weighted by atomic mass is 16.4. The first-order valence-corrected chi connectivity index (χ1v) is 6.80. The number of hydrogen-bond acceptors (Lipinski definition) is 3. The van der Waals surface area contributed by atoms with Crippen LogP contribution in [0, 0.1) is 6.92 Å². The van der Waals surface area contributed by atoms with Gasteiger partial charge in [0, 0.05) is 18.3 Å². The molecule has 19 heavy (non-hydrogen) atoms. The van der Waals surface area contributed by atoms with Crippen molar-refractivity contribution in [1.29, 1.82) is 0 Å². The molecule has 0 fully saturated rings. The average Bonchev–Trinajstić information content (AvgIpc) is 2.35. The SMILES string of the molecule is CCN(CC)CC(C)Nc1cc(C)ccc1C(=O)O. The van der Waals surface area contributed by atoms with Crippen LogP contribution in [0.15, 0.2) is 18.2 Å². The van der Waals surface area contributed by atoms with E-state index in [4.69, 9.17) is 0 Å². The lowest BCUT2D eigenvalue weighted by Crippen LogP contribution is -2.35. The Morgan fingerprint density at radius 1 is 1.37 bits per heavy atom. The van der Waals surface area contributed by atoms with Gasteiger partial charge >= 0.3 is 5.97 Å². The molecule has 0 aliphatic heterocycles. The molecular formula is C15H24N2O2. The number of aromatic carboxylic acids is 1. The fraction of sp³-hybridized carbons (Fsp3) is 0.533. The molecule has 0 amide bonds. The van der Waals surface area contributed by atoms with Gasteiger partial charge in [0.15, 0.2) is 0 Å². The summed E-state index contributed by atoms with van der Waals surface area (Å²) in [7, 11) is 0. The Morgan fingerprint density at radius 3 is 2.53 bits per heavy atom. The Balaban J connectivity index is 2.80. The van der Waals surface area contributed by atoms with Gasteiger partial charge in [-0.15, -0.1) is 0 Å². The molecule has 4 nitrogen and oxygen atoms in total. The van der Waals surface area contributed by atoms with E-state index in [0.29, 0.717) is 11.3 Å². The van der Waals surface area contributed by atoms with Gasteiger partial charge in [-0.25, -0.2) is 4.79 Å². The highest BCUT2D eigenvalue weighted by Gasteiger charge is 2.13. The third-order valence-corrected chi connectivity index (χ3v) is 3.23. The number of hydrogen-bond donors (Lipinski definition) is 2. The number of carboxylic acid groups (broad SMARTS) is 1. The first-order valence-electron chi connectivity index (χ1n) is 6.80. The molecule has 1 aromatic rings. The Kier molecular flexibility index (Phi) is 5.83. The van der Waals surface area contributed by atoms with Gasteiger partial charge < -0.3 is 15.3 Å². The minimum atomic E-state index is -0.891. The fourth-order valence-corrected chi connectivity index (χ4v) is 2.14. The van der Waals surface area contributed by atoms with Crippen LogP contribution in [0.3, 0.4) is 0 Å². The Labute approximate surface area is 115 Å². The summed E-state index contributed by atoms with van der Waals surface area (Å²) in [5, 5.41) is 12.5. The highest BCUT2D eigenvalue weighted by Crippen LogP contribution is 2.18. The Hall–Kier alpha value is -1.55. The van der Waals surface area contributed by atoms with Crippen molar-refractivity contribution >= 4 is 11.7 Å². The molecule has 1 unspecified atom stereocenters. The standard InChI is InChI=1S/C15H24N2O2/c1-5-17(6-2)10-12(4)16-14-9-11(3)7-8-13(14)15(18)19/h7-9,12,16H,5-6,10H2,1-4H3,(H,18,19). The minimum absolute atomic E-state index is 0.208. The molecule has 1 rings (SSSR count). The number of nitrogens with one attached hydrogen (secondary N) is 1. The first kappa shape index (κ1) is 15.5. The fourth-order valence-electron chi connectivity index (χ4n) is 2.14. The van der Waals surface area contributed by atoms with E-state index >= 15 is 0 Å². The van der Waals surface area contributed by atoms with Crippen molar-refractivity contribution in [3.05, 3.63) is 29.3 Å². The molecular weight excluding hydrogens is 240 g/mol. The van der Waals surface area contributed by atoms with E-state index in [-0.39, 0.29) is 6.04 Å². The maximum Gasteiger partial charge on any atom is 0.337 e. The summed E-state index contributed by atoms with van der Waals surface area (Å²) in [6.45, 7) is 11.2. The van der Waals surface area contributed by atoms with Crippen molar-refractivity contribution in [2.45, 2.75) is 33.7 Å². The van der Waals surface area contributed by atoms with Gasteiger partial charge in [0.05, 0.1) is 5.56 Å². The third-order valence-electron chi connectivity index (χ3n) is 3.23. The van der Waals surface area contributed by atoms with Crippen LogP contribution >= 0.6 is 0 Å². The summed E-state index contributed by atoms with van der Waals surface area (Å²) in [6, 6.07) is 5.58. The van der Waals surface area contributed by atoms with E-state index in [1.54, 1.807) is 6.07 Å². The second-order valence-electron chi connectivity index (χ2n) is 4.89. The largest absolute Gasteiger partial charge is 0.478 e. The van der Waals surface area contributed by atoms with Gasteiger partial charge in [-0.2, -0.15) is 0 Å². The summed E-state index contributed by atoms with van der Waals surface area (Å²) >= 11 is 0. The van der Waals surface area contributed by atoms with Gasteiger partial charge in [0.25, 0.3) is 0 Å². The molecule has 0 aliphatic rings. The van der Waals surface area contributed by atoms with Gasteiger partial charge in [-0.05, 0) is 44.6 Å². The lowest BCUT2D eigenvalue weighted by molar-refractivity contribution is 0.0698. The second-order valence-corrected chi connectivity index (χ2v) is 4.89. The summed E-state index contributed by atoms with van der Waals surface area (Å²) in [6.07, 6.45) is 0. The lowest BCUT2D eigenvalue weighted by atomic mass is 10.1. The number of anilines is 1. The number of benzene rings is 1. The number of nitrogens with zero attached hydrogens (tertiary/aromatic N) is 1. The van der Waals surface area contributed by atoms with E-state index in [2.05, 4.69) is 31.0 Å². The van der Waals surface area contributed by atoms with Crippen LogP contribution in [0.4, 0.5) is 5.69 Å². The predicted molar refractivity (Wildman–Crippen MR) is 79.0 cm³/mol. The van der Waals surface area contributed by atoms with Gasteiger partial charge in [-0.3, -0.25) is 0 Å². The summed E-state index contributed by atoms with van der Waals surface area (Å²) in [5.41, 5.74) is 2.09. The molecule has 0 radical (unpaired) electrons. The van der Waals surface area contributed by atoms with Crippen molar-refractivity contribution in [3.8, 4) is 0 Å². The monoisotopic (exact) mass is 264 g/mol. The molecule has 0 bridgehead atoms. The number of aryl methyl sites for hydroxylation is 1. The maximum atomic E-state index is 11.2. The van der Waals surface area contributed by atoms with Gasteiger partial charge in [0.1, 0.15) is 0 Å². The van der Waals surface area contributed by atoms with Crippen LogP contribution in [-0.2, 0) is 0 Å². The molecule has 0 saturated carbocycles. The van der Waals surface area contributed by atoms with Crippen molar-refractivity contribution in [2.75, 3.05) is 25.0 Å². The lowest BCUT2D eigenvalue weighted by Gasteiger charge is -2.24. The molecule has 0 spiro atoms. The molecule has 106 valence electrons. The van der Waals surface area contributed by atoms with Crippen molar-refractivity contribution in [3.63, 3.8) is 0 Å². The van der Waals surface area contributed by atoms with E-state index in [0.717, 1.165) is 25.2 Å². The van der Waals surface area contributed by atoms with Gasteiger partial charge in [-0.1, -0.05) is 19.9 Å². The molecule has 0 aromatic heterocycles. The zero-order valence-corrected chi connectivity index (χ0v) is 12.2. The van der Waals surface area contributed by atoms with Crippen LogP contribution < -0.4 is 5.32 Å². The van der Waals surface area contributed by atoms with Crippen LogP contribution in [0.5, 0.6) is 0 Å². The van der Waals surface area contributed by atoms with E-state index in [9.17, 15) is 9.90 Å². The molecule has 2 N–H and O–H groups in total. The van der Waals surface area contributed by atoms with Crippen LogP contribution in [-0.4, -0.2) is 41.7 Å². The smallest absolute Gasteiger partial charge is 0.337 e. The third kappa shape index (κ3) is 4.56. The Morgan fingerprint density at radius 2 is 2.00 bits per heavy atom. The van der Waals surface area contributed by atoms with Crippen LogP contribution in [0.1, 0.15) is 36.7 Å². The molecule has 1 atom stereocenters. The van der Waals surface area contributed by atoms with Crippen molar-refractivity contribution in [1.82, 2.24) is 4.90 Å². The summed E-state index contributed by atoms with van der Waals surface area (Å²) < 4.78 is 0. The van der Waals surface area contributed by atoms with E-state index in [1.807, 2.05) is 19.1 Å². The zero-order chi connectivity index (χ0) is 14.4. The number of likely N-dealkylation sites (N-methyl/N-ethyl adjacent to an activating group) is 1. The molecule has 4 heteroatoms. The molecule has 0 aliphatic carbocycles. The van der Waals surface area contributed by atoms with Crippen molar-refractivity contribution in [2.24, 2.45) is 0 Å². The second kappa shape index (κ2) is 7.14. The summed E-state index contributed by atoms with van der Waals surface area (Å²) in [5.74, 6) is -0.891. The number of rotatable bonds is 7. The minimum Gasteiger partial charge on any atom is -0.478 e. The van der Waals surface area contributed by atoms with E-state index < -0.39 is 5.97 Å². The average molecular weight is 264 g/mol. The highest BCUT2D eigenvalue weighted by molar-refractivity contribution is 5.94. The molecule has 0 saturated heterocycles. The Bertz CT molecular complexity index is 428. The zero-order valence-electron chi connectivity index (χ0n) is 12.2. The van der Waals surface area contributed by atoms with Crippen molar-refractivity contribution < 1.29 is 9.90 Å². The number of carbonyl (C=O) groups is 1. The topological polar surface area (TPSA) is 52.6 Å². The predicted octanol–water partition coefficient (Wildman–Crippen LogP) is 2.84. The number of carboxylic acids is 1. The quantitative estimate of drug-likeness (QED) is 0.795. The van der Waals surface area contributed by atoms with E-state index in [1.165, 1.54) is 0 Å². The first-order chi connectivity index (χ1) is 8.97.